The first-order valence-corrected chi connectivity index (χ1v) is 8.02. The number of carbonyl (C=O) groups excluding carboxylic acids is 1. The zero-order valence-corrected chi connectivity index (χ0v) is 12.8. The summed E-state index contributed by atoms with van der Waals surface area (Å²) in [5.41, 5.74) is 1.73. The number of carbonyl (C=O) groups is 1. The van der Waals surface area contributed by atoms with Crippen LogP contribution in [-0.2, 0) is 4.79 Å². The molecule has 1 saturated heterocycles. The zero-order valence-electron chi connectivity index (χ0n) is 12.8. The van der Waals surface area contributed by atoms with E-state index in [1.54, 1.807) is 0 Å². The van der Waals surface area contributed by atoms with E-state index in [4.69, 9.17) is 0 Å². The van der Waals surface area contributed by atoms with Gasteiger partial charge in [0.1, 0.15) is 6.07 Å². The molecular weight excluding hydrogens is 276 g/mol. The average molecular weight is 298 g/mol. The molecule has 0 aromatic heterocycles. The summed E-state index contributed by atoms with van der Waals surface area (Å²) < 4.78 is 0. The zero-order chi connectivity index (χ0) is 15.4. The Morgan fingerprint density at radius 1 is 1.23 bits per heavy atom. The number of amides is 1. The Labute approximate surface area is 131 Å². The van der Waals surface area contributed by atoms with E-state index in [0.717, 1.165) is 56.7 Å². The Kier molecular flexibility index (Phi) is 4.59. The second kappa shape index (κ2) is 6.80. The molecule has 3 rings (SSSR count). The van der Waals surface area contributed by atoms with Gasteiger partial charge in [0.2, 0.25) is 5.91 Å². The lowest BCUT2D eigenvalue weighted by atomic mass is 10.1. The molecule has 0 unspecified atom stereocenters. The van der Waals surface area contributed by atoms with Crippen molar-refractivity contribution in [2.45, 2.75) is 25.3 Å². The summed E-state index contributed by atoms with van der Waals surface area (Å²) in [6.07, 6.45) is 3.27. The third-order valence-electron chi connectivity index (χ3n) is 4.26. The summed E-state index contributed by atoms with van der Waals surface area (Å²) in [6, 6.07) is 10.4. The summed E-state index contributed by atoms with van der Waals surface area (Å²) in [5.74, 6) is 0.147. The monoisotopic (exact) mass is 298 g/mol. The maximum absolute atomic E-state index is 11.9. The minimum absolute atomic E-state index is 0.147. The number of nitriles is 1. The Hall–Kier alpha value is -2.06. The number of benzene rings is 1. The number of hydrogen-bond donors (Lipinski definition) is 1. The minimum Gasteiger partial charge on any atom is -0.369 e. The van der Waals surface area contributed by atoms with Crippen molar-refractivity contribution in [3.8, 4) is 6.07 Å². The number of anilines is 1. The lowest BCUT2D eigenvalue weighted by molar-refractivity contribution is -0.122. The number of para-hydroxylation sites is 1. The second-order valence-electron chi connectivity index (χ2n) is 6.09. The highest BCUT2D eigenvalue weighted by Gasteiger charge is 2.25. The Balaban J connectivity index is 1.57. The van der Waals surface area contributed by atoms with Gasteiger partial charge in [0, 0.05) is 32.2 Å². The third kappa shape index (κ3) is 3.77. The van der Waals surface area contributed by atoms with Gasteiger partial charge in [-0.05, 0) is 31.4 Å². The quantitative estimate of drug-likeness (QED) is 0.911. The number of hydrogen-bond acceptors (Lipinski definition) is 4. The summed E-state index contributed by atoms with van der Waals surface area (Å²) in [7, 11) is 0. The first-order chi connectivity index (χ1) is 10.8. The van der Waals surface area contributed by atoms with Crippen LogP contribution in [0.2, 0.25) is 0 Å². The second-order valence-corrected chi connectivity index (χ2v) is 6.09. The van der Waals surface area contributed by atoms with E-state index in [2.05, 4.69) is 21.2 Å². The van der Waals surface area contributed by atoms with E-state index in [1.165, 1.54) is 0 Å². The van der Waals surface area contributed by atoms with Gasteiger partial charge in [-0.2, -0.15) is 5.26 Å². The molecule has 1 heterocycles. The van der Waals surface area contributed by atoms with Crippen LogP contribution >= 0.6 is 0 Å². The van der Waals surface area contributed by atoms with Crippen LogP contribution < -0.4 is 10.2 Å². The molecule has 1 aromatic carbocycles. The van der Waals surface area contributed by atoms with Crippen LogP contribution in [0.3, 0.4) is 0 Å². The van der Waals surface area contributed by atoms with Crippen molar-refractivity contribution in [3.63, 3.8) is 0 Å². The smallest absolute Gasteiger partial charge is 0.234 e. The van der Waals surface area contributed by atoms with Crippen molar-refractivity contribution in [1.29, 1.82) is 5.26 Å². The predicted octanol–water partition coefficient (Wildman–Crippen LogP) is 1.35. The molecule has 22 heavy (non-hydrogen) atoms. The van der Waals surface area contributed by atoms with Crippen LogP contribution in [-0.4, -0.2) is 49.6 Å². The van der Waals surface area contributed by atoms with Crippen LogP contribution in [0.25, 0.3) is 0 Å². The molecule has 1 aliphatic heterocycles. The van der Waals surface area contributed by atoms with Crippen LogP contribution in [0.1, 0.15) is 24.8 Å². The molecule has 2 aliphatic rings. The Bertz CT molecular complexity index is 576. The summed E-state index contributed by atoms with van der Waals surface area (Å²) >= 11 is 0. The van der Waals surface area contributed by atoms with Crippen LogP contribution in [0.15, 0.2) is 24.3 Å². The van der Waals surface area contributed by atoms with Crippen molar-refractivity contribution in [1.82, 2.24) is 10.2 Å². The largest absolute Gasteiger partial charge is 0.369 e. The molecule has 2 fully saturated rings. The van der Waals surface area contributed by atoms with E-state index in [-0.39, 0.29) is 5.91 Å². The first kappa shape index (κ1) is 14.9. The molecule has 1 aliphatic carbocycles. The molecule has 0 radical (unpaired) electrons. The molecule has 0 bridgehead atoms. The molecule has 1 amide bonds. The van der Waals surface area contributed by atoms with Crippen LogP contribution in [0, 0.1) is 11.3 Å². The normalized spacial score (nSPS) is 19.3. The molecule has 0 atom stereocenters. The molecule has 5 nitrogen and oxygen atoms in total. The lowest BCUT2D eigenvalue weighted by Gasteiger charge is -2.24. The highest BCUT2D eigenvalue weighted by molar-refractivity contribution is 5.78. The van der Waals surface area contributed by atoms with Crippen molar-refractivity contribution in [2.75, 3.05) is 37.6 Å². The Morgan fingerprint density at radius 2 is 2.05 bits per heavy atom. The minimum atomic E-state index is 0.147. The van der Waals surface area contributed by atoms with Crippen molar-refractivity contribution < 1.29 is 4.79 Å². The van der Waals surface area contributed by atoms with E-state index < -0.39 is 0 Å². The van der Waals surface area contributed by atoms with Crippen molar-refractivity contribution >= 4 is 11.6 Å². The molecule has 1 N–H and O–H groups in total. The topological polar surface area (TPSA) is 59.4 Å². The van der Waals surface area contributed by atoms with E-state index >= 15 is 0 Å². The molecule has 5 heteroatoms. The maximum atomic E-state index is 11.9. The van der Waals surface area contributed by atoms with Gasteiger partial charge in [0.05, 0.1) is 17.8 Å². The van der Waals surface area contributed by atoms with Crippen molar-refractivity contribution in [2.24, 2.45) is 0 Å². The van der Waals surface area contributed by atoms with Gasteiger partial charge in [0.25, 0.3) is 0 Å². The summed E-state index contributed by atoms with van der Waals surface area (Å²) in [4.78, 5) is 16.4. The fourth-order valence-electron chi connectivity index (χ4n) is 2.92. The first-order valence-electron chi connectivity index (χ1n) is 8.02. The van der Waals surface area contributed by atoms with Gasteiger partial charge < -0.3 is 10.2 Å². The fraction of sp³-hybridized carbons (Fsp3) is 0.529. The molecule has 1 aromatic rings. The summed E-state index contributed by atoms with van der Waals surface area (Å²) in [5, 5.41) is 12.3. The molecule has 116 valence electrons. The third-order valence-corrected chi connectivity index (χ3v) is 4.26. The molecular formula is C17H22N4O. The van der Waals surface area contributed by atoms with E-state index in [0.29, 0.717) is 12.6 Å². The van der Waals surface area contributed by atoms with E-state index in [9.17, 15) is 10.1 Å². The van der Waals surface area contributed by atoms with Gasteiger partial charge >= 0.3 is 0 Å². The number of rotatable bonds is 4. The van der Waals surface area contributed by atoms with Gasteiger partial charge in [-0.25, -0.2) is 0 Å². The highest BCUT2D eigenvalue weighted by atomic mass is 16.2. The average Bonchev–Trinajstić information content (AvgIpc) is 3.35. The summed E-state index contributed by atoms with van der Waals surface area (Å²) in [6.45, 7) is 4.07. The van der Waals surface area contributed by atoms with E-state index in [1.807, 2.05) is 24.3 Å². The predicted molar refractivity (Wildman–Crippen MR) is 85.6 cm³/mol. The maximum Gasteiger partial charge on any atom is 0.234 e. The highest BCUT2D eigenvalue weighted by Crippen LogP contribution is 2.21. The number of nitrogens with zero attached hydrogens (tertiary/aromatic N) is 3. The van der Waals surface area contributed by atoms with Crippen LogP contribution in [0.4, 0.5) is 5.69 Å². The number of nitrogens with one attached hydrogen (secondary N) is 1. The SMILES string of the molecule is N#Cc1ccccc1N1CCCN(CC(=O)NC2CC2)CC1. The lowest BCUT2D eigenvalue weighted by Crippen LogP contribution is -2.40. The molecule has 1 saturated carbocycles. The van der Waals surface area contributed by atoms with Crippen LogP contribution in [0.5, 0.6) is 0 Å². The van der Waals surface area contributed by atoms with Crippen molar-refractivity contribution in [3.05, 3.63) is 29.8 Å². The van der Waals surface area contributed by atoms with Gasteiger partial charge in [-0.15, -0.1) is 0 Å². The molecule has 0 spiro atoms. The van der Waals surface area contributed by atoms with Gasteiger partial charge in [-0.3, -0.25) is 9.69 Å². The standard InChI is InChI=1S/C17H22N4O/c18-12-14-4-1-2-5-16(14)21-9-3-8-20(10-11-21)13-17(22)19-15-6-7-15/h1-2,4-5,15H,3,6-11,13H2,(H,19,22). The van der Waals surface area contributed by atoms with Gasteiger partial charge in [0.15, 0.2) is 0 Å². The van der Waals surface area contributed by atoms with Gasteiger partial charge in [-0.1, -0.05) is 12.1 Å². The fourth-order valence-corrected chi connectivity index (χ4v) is 2.92. The Morgan fingerprint density at radius 3 is 2.82 bits per heavy atom.